The molecule has 0 aromatic heterocycles. The Hall–Kier alpha value is -1.12. The topological polar surface area (TPSA) is 32.3 Å². The molecule has 0 aliphatic heterocycles. The molecule has 0 radical (unpaired) electrons. The molecule has 2 heteroatoms. The van der Waals surface area contributed by atoms with Crippen LogP contribution in [0.3, 0.4) is 0 Å². The van der Waals surface area contributed by atoms with Crippen LogP contribution < -0.4 is 5.32 Å². The number of aliphatic hydroxyl groups is 1. The molecule has 2 nitrogen and oxygen atoms in total. The Kier molecular flexibility index (Phi) is 5.23. The highest BCUT2D eigenvalue weighted by Crippen LogP contribution is 2.11. The van der Waals surface area contributed by atoms with E-state index in [2.05, 4.69) is 25.7 Å². The minimum absolute atomic E-state index is 0.139. The SMILES string of the molecule is C=C(CN[C@H](CO)C(C)C)c1ccccc1. The highest BCUT2D eigenvalue weighted by molar-refractivity contribution is 5.64. The van der Waals surface area contributed by atoms with Crippen LogP contribution >= 0.6 is 0 Å². The summed E-state index contributed by atoms with van der Waals surface area (Å²) in [7, 11) is 0. The number of rotatable bonds is 6. The molecule has 0 bridgehead atoms. The van der Waals surface area contributed by atoms with Crippen molar-refractivity contribution in [3.8, 4) is 0 Å². The zero-order chi connectivity index (χ0) is 12.0. The van der Waals surface area contributed by atoms with Crippen LogP contribution in [0.25, 0.3) is 5.57 Å². The second-order valence-corrected chi connectivity index (χ2v) is 4.38. The molecule has 0 aliphatic carbocycles. The molecule has 88 valence electrons. The molecule has 0 fully saturated rings. The van der Waals surface area contributed by atoms with Gasteiger partial charge in [0.2, 0.25) is 0 Å². The first-order valence-electron chi connectivity index (χ1n) is 5.72. The van der Waals surface area contributed by atoms with Gasteiger partial charge in [0, 0.05) is 12.6 Å². The summed E-state index contributed by atoms with van der Waals surface area (Å²) in [6, 6.07) is 10.2. The highest BCUT2D eigenvalue weighted by atomic mass is 16.3. The molecule has 2 N–H and O–H groups in total. The Morgan fingerprint density at radius 1 is 1.31 bits per heavy atom. The molecule has 1 atom stereocenters. The summed E-state index contributed by atoms with van der Waals surface area (Å²) in [6.45, 7) is 9.12. The van der Waals surface area contributed by atoms with E-state index in [9.17, 15) is 5.11 Å². The molecule has 0 saturated heterocycles. The fraction of sp³-hybridized carbons (Fsp3) is 0.429. The van der Waals surface area contributed by atoms with Gasteiger partial charge >= 0.3 is 0 Å². The summed E-state index contributed by atoms with van der Waals surface area (Å²) >= 11 is 0. The lowest BCUT2D eigenvalue weighted by Gasteiger charge is -2.20. The standard InChI is InChI=1S/C14H21NO/c1-11(2)14(10-16)15-9-12(3)13-7-5-4-6-8-13/h4-8,11,14-16H,3,9-10H2,1-2H3/t14-/m1/s1. The molecule has 1 aromatic rings. The zero-order valence-corrected chi connectivity index (χ0v) is 10.1. The quantitative estimate of drug-likeness (QED) is 0.769. The van der Waals surface area contributed by atoms with Crippen molar-refractivity contribution in [2.75, 3.05) is 13.2 Å². The van der Waals surface area contributed by atoms with Gasteiger partial charge in [-0.15, -0.1) is 0 Å². The Bertz CT molecular complexity index is 319. The van der Waals surface area contributed by atoms with Crippen LogP contribution in [0.1, 0.15) is 19.4 Å². The third-order valence-electron chi connectivity index (χ3n) is 2.76. The predicted molar refractivity (Wildman–Crippen MR) is 69.2 cm³/mol. The van der Waals surface area contributed by atoms with Gasteiger partial charge in [0.05, 0.1) is 6.61 Å². The van der Waals surface area contributed by atoms with E-state index in [-0.39, 0.29) is 12.6 Å². The van der Waals surface area contributed by atoms with Gasteiger partial charge in [-0.3, -0.25) is 0 Å². The summed E-state index contributed by atoms with van der Waals surface area (Å²) in [5.74, 6) is 0.425. The van der Waals surface area contributed by atoms with Gasteiger partial charge in [0.25, 0.3) is 0 Å². The van der Waals surface area contributed by atoms with Gasteiger partial charge in [0.1, 0.15) is 0 Å². The van der Waals surface area contributed by atoms with Gasteiger partial charge in [-0.05, 0) is 17.1 Å². The number of aliphatic hydroxyl groups excluding tert-OH is 1. The molecule has 0 amide bonds. The zero-order valence-electron chi connectivity index (χ0n) is 10.1. The monoisotopic (exact) mass is 219 g/mol. The Morgan fingerprint density at radius 2 is 1.94 bits per heavy atom. The average Bonchev–Trinajstić information content (AvgIpc) is 2.30. The highest BCUT2D eigenvalue weighted by Gasteiger charge is 2.11. The van der Waals surface area contributed by atoms with Gasteiger partial charge < -0.3 is 10.4 Å². The van der Waals surface area contributed by atoms with Gasteiger partial charge in [-0.2, -0.15) is 0 Å². The molecular formula is C14H21NO. The molecule has 0 heterocycles. The fourth-order valence-corrected chi connectivity index (χ4v) is 1.54. The Balaban J connectivity index is 2.47. The summed E-state index contributed by atoms with van der Waals surface area (Å²) in [5, 5.41) is 12.5. The molecule has 1 rings (SSSR count). The van der Waals surface area contributed by atoms with Crippen molar-refractivity contribution in [3.63, 3.8) is 0 Å². The average molecular weight is 219 g/mol. The minimum atomic E-state index is 0.139. The first-order valence-corrected chi connectivity index (χ1v) is 5.72. The molecule has 0 aliphatic rings. The lowest BCUT2D eigenvalue weighted by Crippen LogP contribution is -2.37. The maximum atomic E-state index is 9.19. The first-order chi connectivity index (χ1) is 7.65. The second-order valence-electron chi connectivity index (χ2n) is 4.38. The number of hydrogen-bond acceptors (Lipinski definition) is 2. The third-order valence-corrected chi connectivity index (χ3v) is 2.76. The molecule has 0 spiro atoms. The smallest absolute Gasteiger partial charge is 0.0587 e. The van der Waals surface area contributed by atoms with Crippen molar-refractivity contribution in [3.05, 3.63) is 42.5 Å². The molecular weight excluding hydrogens is 198 g/mol. The van der Waals surface area contributed by atoms with Crippen LogP contribution in [0.4, 0.5) is 0 Å². The van der Waals surface area contributed by atoms with E-state index in [1.165, 1.54) is 0 Å². The van der Waals surface area contributed by atoms with Crippen molar-refractivity contribution in [1.82, 2.24) is 5.32 Å². The van der Waals surface area contributed by atoms with E-state index in [0.717, 1.165) is 11.1 Å². The van der Waals surface area contributed by atoms with E-state index in [1.54, 1.807) is 0 Å². The summed E-state index contributed by atoms with van der Waals surface area (Å²) in [4.78, 5) is 0. The maximum Gasteiger partial charge on any atom is 0.0587 e. The number of nitrogens with one attached hydrogen (secondary N) is 1. The van der Waals surface area contributed by atoms with E-state index in [1.807, 2.05) is 30.3 Å². The fourth-order valence-electron chi connectivity index (χ4n) is 1.54. The van der Waals surface area contributed by atoms with Crippen molar-refractivity contribution in [2.45, 2.75) is 19.9 Å². The van der Waals surface area contributed by atoms with Crippen LogP contribution in [0, 0.1) is 5.92 Å². The lowest BCUT2D eigenvalue weighted by atomic mass is 10.0. The molecule has 0 unspecified atom stereocenters. The van der Waals surface area contributed by atoms with Crippen molar-refractivity contribution in [2.24, 2.45) is 5.92 Å². The van der Waals surface area contributed by atoms with Crippen LogP contribution in [-0.2, 0) is 0 Å². The maximum absolute atomic E-state index is 9.19. The molecule has 0 saturated carbocycles. The first kappa shape index (κ1) is 12.9. The van der Waals surface area contributed by atoms with Crippen LogP contribution in [0.2, 0.25) is 0 Å². The molecule has 1 aromatic carbocycles. The van der Waals surface area contributed by atoms with Crippen LogP contribution in [0.15, 0.2) is 36.9 Å². The summed E-state index contributed by atoms with van der Waals surface area (Å²) < 4.78 is 0. The van der Waals surface area contributed by atoms with Crippen LogP contribution in [0.5, 0.6) is 0 Å². The second kappa shape index (κ2) is 6.46. The minimum Gasteiger partial charge on any atom is -0.395 e. The predicted octanol–water partition coefficient (Wildman–Crippen LogP) is 2.31. The van der Waals surface area contributed by atoms with Gasteiger partial charge in [0.15, 0.2) is 0 Å². The van der Waals surface area contributed by atoms with E-state index >= 15 is 0 Å². The van der Waals surface area contributed by atoms with Gasteiger partial charge in [-0.1, -0.05) is 50.8 Å². The Morgan fingerprint density at radius 3 is 2.44 bits per heavy atom. The van der Waals surface area contributed by atoms with E-state index < -0.39 is 0 Å². The summed E-state index contributed by atoms with van der Waals surface area (Å²) in [5.41, 5.74) is 2.20. The largest absolute Gasteiger partial charge is 0.395 e. The third kappa shape index (κ3) is 3.80. The van der Waals surface area contributed by atoms with E-state index in [0.29, 0.717) is 12.5 Å². The van der Waals surface area contributed by atoms with Crippen molar-refractivity contribution >= 4 is 5.57 Å². The normalized spacial score (nSPS) is 12.8. The molecule has 16 heavy (non-hydrogen) atoms. The number of benzene rings is 1. The van der Waals surface area contributed by atoms with Crippen LogP contribution in [-0.4, -0.2) is 24.3 Å². The lowest BCUT2D eigenvalue weighted by molar-refractivity contribution is 0.215. The Labute approximate surface area is 98.0 Å². The van der Waals surface area contributed by atoms with Crippen molar-refractivity contribution < 1.29 is 5.11 Å². The van der Waals surface area contributed by atoms with Gasteiger partial charge in [-0.25, -0.2) is 0 Å². The van der Waals surface area contributed by atoms with Crippen molar-refractivity contribution in [1.29, 1.82) is 0 Å². The number of hydrogen-bond donors (Lipinski definition) is 2. The summed E-state index contributed by atoms with van der Waals surface area (Å²) in [6.07, 6.45) is 0. The van der Waals surface area contributed by atoms with E-state index in [4.69, 9.17) is 0 Å².